The maximum absolute atomic E-state index is 12.7. The van der Waals surface area contributed by atoms with Crippen LogP contribution in [0.4, 0.5) is 5.69 Å². The van der Waals surface area contributed by atoms with E-state index in [1.54, 1.807) is 21.7 Å². The number of anilines is 1. The molecule has 0 aliphatic carbocycles. The van der Waals surface area contributed by atoms with Crippen molar-refractivity contribution in [1.82, 2.24) is 9.62 Å². The van der Waals surface area contributed by atoms with Crippen LogP contribution in [0.5, 0.6) is 0 Å². The van der Waals surface area contributed by atoms with Crippen LogP contribution < -0.4 is 9.62 Å². The van der Waals surface area contributed by atoms with Crippen molar-refractivity contribution in [3.63, 3.8) is 0 Å². The number of amides is 1. The third-order valence-corrected chi connectivity index (χ3v) is 6.13. The van der Waals surface area contributed by atoms with Crippen LogP contribution in [0.3, 0.4) is 0 Å². The summed E-state index contributed by atoms with van der Waals surface area (Å²) in [4.78, 5) is 24.2. The summed E-state index contributed by atoms with van der Waals surface area (Å²) in [6.07, 6.45) is 0. The number of rotatable bonds is 5. The number of aromatic carboxylic acids is 1. The van der Waals surface area contributed by atoms with Crippen molar-refractivity contribution < 1.29 is 18.9 Å². The second kappa shape index (κ2) is 7.89. The van der Waals surface area contributed by atoms with Crippen molar-refractivity contribution in [2.24, 2.45) is 0 Å². The zero-order valence-electron chi connectivity index (χ0n) is 15.1. The van der Waals surface area contributed by atoms with Crippen LogP contribution in [0.1, 0.15) is 39.2 Å². The average Bonchev–Trinajstić information content (AvgIpc) is 3.00. The first-order valence-electron chi connectivity index (χ1n) is 8.57. The molecule has 1 fully saturated rings. The Labute approximate surface area is 160 Å². The smallest absolute Gasteiger partial charge is 0.335 e. The summed E-state index contributed by atoms with van der Waals surface area (Å²) >= 11 is -1.79. The molecule has 0 spiro atoms. The van der Waals surface area contributed by atoms with E-state index >= 15 is 0 Å². The lowest BCUT2D eigenvalue weighted by Gasteiger charge is -2.16. The number of carboxylic acids is 1. The van der Waals surface area contributed by atoms with Gasteiger partial charge in [-0.05, 0) is 30.7 Å². The molecule has 1 saturated heterocycles. The van der Waals surface area contributed by atoms with Gasteiger partial charge in [-0.3, -0.25) is 4.79 Å². The molecule has 0 radical (unpaired) electrons. The highest BCUT2D eigenvalue weighted by atomic mass is 32.2. The molecule has 0 aromatic heterocycles. The molecule has 2 N–H and O–H groups in total. The van der Waals surface area contributed by atoms with Crippen molar-refractivity contribution in [2.45, 2.75) is 13.0 Å². The van der Waals surface area contributed by atoms with E-state index in [-0.39, 0.29) is 23.1 Å². The largest absolute Gasteiger partial charge is 0.478 e. The van der Waals surface area contributed by atoms with Gasteiger partial charge < -0.3 is 10.4 Å². The predicted octanol–water partition coefficient (Wildman–Crippen LogP) is 2.15. The topological polar surface area (TPSA) is 89.9 Å². The Hall–Kier alpha value is -2.71. The maximum atomic E-state index is 12.7. The second-order valence-corrected chi connectivity index (χ2v) is 8.11. The van der Waals surface area contributed by atoms with Gasteiger partial charge in [-0.15, -0.1) is 4.31 Å². The molecule has 7 nitrogen and oxygen atoms in total. The molecule has 1 aliphatic heterocycles. The average molecular weight is 388 g/mol. The van der Waals surface area contributed by atoms with Crippen molar-refractivity contribution in [2.75, 3.05) is 24.4 Å². The Kier molecular flexibility index (Phi) is 5.57. The van der Waals surface area contributed by atoms with Gasteiger partial charge in [0.2, 0.25) is 11.2 Å². The van der Waals surface area contributed by atoms with E-state index in [0.717, 1.165) is 5.56 Å². The van der Waals surface area contributed by atoms with E-state index in [1.165, 1.54) is 12.1 Å². The fourth-order valence-electron chi connectivity index (χ4n) is 2.94. The van der Waals surface area contributed by atoms with Crippen LogP contribution in [0, 0.1) is 0 Å². The van der Waals surface area contributed by atoms with Crippen molar-refractivity contribution >= 4 is 28.7 Å². The Morgan fingerprint density at radius 3 is 2.37 bits per heavy atom. The second-order valence-electron chi connectivity index (χ2n) is 6.44. The molecule has 8 heteroatoms. The maximum Gasteiger partial charge on any atom is 0.335 e. The third-order valence-electron chi connectivity index (χ3n) is 4.51. The van der Waals surface area contributed by atoms with Gasteiger partial charge in [0.05, 0.1) is 30.4 Å². The Bertz CT molecular complexity index is 888. The van der Waals surface area contributed by atoms with Gasteiger partial charge in [0, 0.05) is 12.6 Å². The molecule has 1 unspecified atom stereocenters. The van der Waals surface area contributed by atoms with E-state index in [1.807, 2.05) is 37.3 Å². The zero-order chi connectivity index (χ0) is 19.6. The quantitative estimate of drug-likeness (QED) is 0.607. The highest BCUT2D eigenvalue weighted by Gasteiger charge is 2.33. The van der Waals surface area contributed by atoms with Crippen molar-refractivity contribution in [3.8, 4) is 0 Å². The van der Waals surface area contributed by atoms with Crippen molar-refractivity contribution in [3.05, 3.63) is 65.2 Å². The highest BCUT2D eigenvalue weighted by molar-refractivity contribution is 7.84. The zero-order valence-corrected chi connectivity index (χ0v) is 16.0. The summed E-state index contributed by atoms with van der Waals surface area (Å²) in [6.45, 7) is 2.98. The fraction of sp³-hybridized carbons (Fsp3) is 0.263. The van der Waals surface area contributed by atoms with Crippen LogP contribution in [0.2, 0.25) is 0 Å². The minimum atomic E-state index is -1.79. The number of thiol groups is 1. The number of hydrogen-bond donors (Lipinski definition) is 2. The number of nitrogens with one attached hydrogen (secondary N) is 1. The molecule has 1 heterocycles. The number of carboxylic acid groups (broad SMARTS) is 1. The van der Waals surface area contributed by atoms with Crippen LogP contribution in [0.25, 0.3) is 0 Å². The number of carbonyl (C=O) groups is 2. The monoisotopic (exact) mass is 388 g/mol. The lowest BCUT2D eigenvalue weighted by atomic mass is 10.1. The Balaban J connectivity index is 1.89. The molecule has 2 atom stereocenters. The molecule has 0 saturated carbocycles. The molecule has 1 aliphatic rings. The minimum absolute atomic E-state index is 0.0111. The molecular formula is C19H22N3O4S+. The predicted molar refractivity (Wildman–Crippen MR) is 105 cm³/mol. The van der Waals surface area contributed by atoms with E-state index in [2.05, 4.69) is 5.32 Å². The SMILES string of the molecule is C[C@@H](NC(=O)c1cc(C(=O)O)cc(N2CCN(C)[SH+]2=O)c1)c1ccccc1. The molecule has 1 amide bonds. The molecule has 27 heavy (non-hydrogen) atoms. The summed E-state index contributed by atoms with van der Waals surface area (Å²) in [5.41, 5.74) is 1.64. The molecular weight excluding hydrogens is 366 g/mol. The van der Waals surface area contributed by atoms with Crippen LogP contribution >= 0.6 is 0 Å². The summed E-state index contributed by atoms with van der Waals surface area (Å²) < 4.78 is 15.7. The van der Waals surface area contributed by atoms with Gasteiger partial charge in [-0.25, -0.2) is 4.79 Å². The summed E-state index contributed by atoms with van der Waals surface area (Å²) in [7, 11) is 1.74. The Morgan fingerprint density at radius 1 is 1.11 bits per heavy atom. The van der Waals surface area contributed by atoms with Gasteiger partial charge in [-0.2, -0.15) is 4.31 Å². The summed E-state index contributed by atoms with van der Waals surface area (Å²) in [5, 5.41) is 12.3. The normalized spacial score (nSPS) is 18.3. The fourth-order valence-corrected chi connectivity index (χ4v) is 4.15. The number of hydrogen-bond acceptors (Lipinski definition) is 3. The molecule has 3 rings (SSSR count). The number of nitrogens with zero attached hydrogens (tertiary/aromatic N) is 2. The highest BCUT2D eigenvalue weighted by Crippen LogP contribution is 2.25. The molecule has 142 valence electrons. The molecule has 0 bridgehead atoms. The summed E-state index contributed by atoms with van der Waals surface area (Å²) in [5.74, 6) is -1.51. The van der Waals surface area contributed by atoms with E-state index in [4.69, 9.17) is 0 Å². The van der Waals surface area contributed by atoms with Gasteiger partial charge in [0.25, 0.3) is 5.91 Å². The van der Waals surface area contributed by atoms with Crippen LogP contribution in [0.15, 0.2) is 48.5 Å². The van der Waals surface area contributed by atoms with Crippen LogP contribution in [-0.2, 0) is 15.4 Å². The van der Waals surface area contributed by atoms with Gasteiger partial charge in [0.15, 0.2) is 0 Å². The lowest BCUT2D eigenvalue weighted by Crippen LogP contribution is -2.28. The Morgan fingerprint density at radius 2 is 1.78 bits per heavy atom. The number of benzene rings is 2. The number of carbonyl (C=O) groups excluding carboxylic acids is 1. The van der Waals surface area contributed by atoms with E-state index in [0.29, 0.717) is 18.8 Å². The molecule has 2 aromatic carbocycles. The number of likely N-dealkylation sites (N-methyl/N-ethyl adjacent to an activating group) is 1. The van der Waals surface area contributed by atoms with E-state index < -0.39 is 17.1 Å². The van der Waals surface area contributed by atoms with Gasteiger partial charge in [0.1, 0.15) is 0 Å². The first-order chi connectivity index (χ1) is 12.9. The third kappa shape index (κ3) is 4.17. The van der Waals surface area contributed by atoms with Crippen LogP contribution in [-0.4, -0.2) is 41.4 Å². The van der Waals surface area contributed by atoms with E-state index in [9.17, 15) is 18.9 Å². The first kappa shape index (κ1) is 19.1. The minimum Gasteiger partial charge on any atom is -0.478 e. The first-order valence-corrected chi connectivity index (χ1v) is 9.73. The summed E-state index contributed by atoms with van der Waals surface area (Å²) in [6, 6.07) is 13.6. The van der Waals surface area contributed by atoms with Crippen molar-refractivity contribution in [1.29, 1.82) is 0 Å². The lowest BCUT2D eigenvalue weighted by molar-refractivity contribution is 0.0697. The van der Waals surface area contributed by atoms with Gasteiger partial charge >= 0.3 is 5.97 Å². The molecule has 2 aromatic rings. The van der Waals surface area contributed by atoms with Gasteiger partial charge in [-0.1, -0.05) is 34.5 Å². The standard InChI is InChI=1S/C19H21N3O4S/c1-13(14-6-4-3-5-7-14)20-18(23)15-10-16(19(24)25)12-17(11-15)22-9-8-21(2)27(22)26/h3-7,10-13H,8-9H2,1-2H3,(H,20,23)(H,24,25)/p+1/t13-,27?/m1/s1.